The zero-order valence-corrected chi connectivity index (χ0v) is 18.8. The van der Waals surface area contributed by atoms with Crippen molar-refractivity contribution in [3.8, 4) is 0 Å². The molecule has 30 heavy (non-hydrogen) atoms. The van der Waals surface area contributed by atoms with Crippen molar-refractivity contribution in [1.82, 2.24) is 10.0 Å². The third-order valence-electron chi connectivity index (χ3n) is 5.55. The average molecular weight is 449 g/mol. The highest BCUT2D eigenvalue weighted by molar-refractivity contribution is 7.89. The van der Waals surface area contributed by atoms with Crippen molar-refractivity contribution < 1.29 is 13.2 Å². The standard InChI is InChI=1S/C23H29ClN2O3S/c1-17(19-10-12-20(24)13-11-19)25-23(27)16-9-18-7-14-22(15-8-18)30(28,29)26-21-5-3-2-4-6-21/h7-8,10-15,17,21,26H,2-6,9,16H2,1H3,(H,25,27)/t17-/m1/s1. The maximum absolute atomic E-state index is 12.6. The van der Waals surface area contributed by atoms with Gasteiger partial charge in [-0.15, -0.1) is 0 Å². The second-order valence-corrected chi connectivity index (χ2v) is 10.1. The van der Waals surface area contributed by atoms with E-state index in [1.807, 2.05) is 19.1 Å². The van der Waals surface area contributed by atoms with Crippen molar-refractivity contribution in [1.29, 1.82) is 0 Å². The SMILES string of the molecule is C[C@@H](NC(=O)CCc1ccc(S(=O)(=O)NC2CCCCC2)cc1)c1ccc(Cl)cc1. The predicted molar refractivity (Wildman–Crippen MR) is 120 cm³/mol. The van der Waals surface area contributed by atoms with E-state index in [1.165, 1.54) is 6.42 Å². The first kappa shape index (κ1) is 22.8. The van der Waals surface area contributed by atoms with Crippen molar-refractivity contribution >= 4 is 27.5 Å². The predicted octanol–water partition coefficient (Wildman–Crippen LogP) is 4.76. The molecule has 2 aromatic rings. The van der Waals surface area contributed by atoms with Crippen LogP contribution in [0.25, 0.3) is 0 Å². The zero-order chi connectivity index (χ0) is 21.6. The molecule has 1 atom stereocenters. The molecule has 3 rings (SSSR count). The van der Waals surface area contributed by atoms with Gasteiger partial charge in [-0.1, -0.05) is 55.1 Å². The van der Waals surface area contributed by atoms with Gasteiger partial charge < -0.3 is 5.32 Å². The first-order chi connectivity index (χ1) is 14.3. The minimum Gasteiger partial charge on any atom is -0.350 e. The molecule has 162 valence electrons. The van der Waals surface area contributed by atoms with Gasteiger partial charge in [-0.25, -0.2) is 13.1 Å². The zero-order valence-electron chi connectivity index (χ0n) is 17.2. The summed E-state index contributed by atoms with van der Waals surface area (Å²) < 4.78 is 28.0. The third kappa shape index (κ3) is 6.56. The number of carbonyl (C=O) groups is 1. The Labute approximate surface area is 184 Å². The molecule has 0 heterocycles. The number of hydrogen-bond donors (Lipinski definition) is 2. The minimum atomic E-state index is -3.50. The second-order valence-electron chi connectivity index (χ2n) is 7.94. The van der Waals surface area contributed by atoms with Crippen LogP contribution in [0.5, 0.6) is 0 Å². The highest BCUT2D eigenvalue weighted by Crippen LogP contribution is 2.20. The summed E-state index contributed by atoms with van der Waals surface area (Å²) in [6, 6.07) is 14.1. The number of carbonyl (C=O) groups excluding carboxylic acids is 1. The van der Waals surface area contributed by atoms with E-state index >= 15 is 0 Å². The topological polar surface area (TPSA) is 75.3 Å². The smallest absolute Gasteiger partial charge is 0.240 e. The van der Waals surface area contributed by atoms with Gasteiger partial charge in [0.25, 0.3) is 0 Å². The summed E-state index contributed by atoms with van der Waals surface area (Å²) >= 11 is 5.90. The Morgan fingerprint density at radius 2 is 1.67 bits per heavy atom. The van der Waals surface area contributed by atoms with Gasteiger partial charge in [0.1, 0.15) is 0 Å². The summed E-state index contributed by atoms with van der Waals surface area (Å²) in [5.74, 6) is -0.0480. The number of nitrogens with one attached hydrogen (secondary N) is 2. The molecule has 1 aliphatic carbocycles. The van der Waals surface area contributed by atoms with Crippen LogP contribution in [0.3, 0.4) is 0 Å². The molecule has 5 nitrogen and oxygen atoms in total. The van der Waals surface area contributed by atoms with Crippen molar-refractivity contribution in [2.45, 2.75) is 68.8 Å². The van der Waals surface area contributed by atoms with Crippen molar-refractivity contribution in [3.63, 3.8) is 0 Å². The summed E-state index contributed by atoms with van der Waals surface area (Å²) in [5, 5.41) is 3.64. The molecule has 0 spiro atoms. The van der Waals surface area contributed by atoms with E-state index in [2.05, 4.69) is 10.0 Å². The lowest BCUT2D eigenvalue weighted by molar-refractivity contribution is -0.121. The molecule has 2 aromatic carbocycles. The molecule has 2 N–H and O–H groups in total. The molecule has 0 bridgehead atoms. The fraction of sp³-hybridized carbons (Fsp3) is 0.435. The van der Waals surface area contributed by atoms with E-state index in [1.54, 1.807) is 36.4 Å². The minimum absolute atomic E-state index is 0.0368. The molecule has 1 saturated carbocycles. The highest BCUT2D eigenvalue weighted by Gasteiger charge is 2.21. The maximum Gasteiger partial charge on any atom is 0.240 e. The van der Waals surface area contributed by atoms with Gasteiger partial charge in [-0.2, -0.15) is 0 Å². The van der Waals surface area contributed by atoms with Gasteiger partial charge >= 0.3 is 0 Å². The quantitative estimate of drug-likeness (QED) is 0.611. The van der Waals surface area contributed by atoms with Gasteiger partial charge in [-0.3, -0.25) is 4.79 Å². The lowest BCUT2D eigenvalue weighted by Gasteiger charge is -2.22. The molecule has 7 heteroatoms. The summed E-state index contributed by atoms with van der Waals surface area (Å²) in [4.78, 5) is 12.5. The molecule has 1 amide bonds. The van der Waals surface area contributed by atoms with Crippen LogP contribution in [0, 0.1) is 0 Å². The number of aryl methyl sites for hydroxylation is 1. The van der Waals surface area contributed by atoms with E-state index < -0.39 is 10.0 Å². The molecule has 0 radical (unpaired) electrons. The third-order valence-corrected chi connectivity index (χ3v) is 7.34. The van der Waals surface area contributed by atoms with Crippen molar-refractivity contribution in [3.05, 3.63) is 64.7 Å². The fourth-order valence-electron chi connectivity index (χ4n) is 3.75. The Balaban J connectivity index is 1.50. The van der Waals surface area contributed by atoms with Gasteiger partial charge in [0, 0.05) is 17.5 Å². The maximum atomic E-state index is 12.6. The largest absolute Gasteiger partial charge is 0.350 e. The number of sulfonamides is 1. The molecule has 0 aliphatic heterocycles. The lowest BCUT2D eigenvalue weighted by atomic mass is 9.96. The fourth-order valence-corrected chi connectivity index (χ4v) is 5.18. The number of hydrogen-bond acceptors (Lipinski definition) is 3. The van der Waals surface area contributed by atoms with Gasteiger partial charge in [0.15, 0.2) is 0 Å². The van der Waals surface area contributed by atoms with Crippen LogP contribution < -0.4 is 10.0 Å². The number of benzene rings is 2. The lowest BCUT2D eigenvalue weighted by Crippen LogP contribution is -2.36. The molecule has 0 aromatic heterocycles. The van der Waals surface area contributed by atoms with Gasteiger partial charge in [0.2, 0.25) is 15.9 Å². The summed E-state index contributed by atoms with van der Waals surface area (Å²) in [7, 11) is -3.50. The Morgan fingerprint density at radius 3 is 2.30 bits per heavy atom. The number of halogens is 1. The van der Waals surface area contributed by atoms with Crippen molar-refractivity contribution in [2.24, 2.45) is 0 Å². The summed E-state index contributed by atoms with van der Waals surface area (Å²) in [6.45, 7) is 1.93. The van der Waals surface area contributed by atoms with Crippen LogP contribution in [0.1, 0.15) is 62.6 Å². The van der Waals surface area contributed by atoms with Crippen LogP contribution in [-0.2, 0) is 21.2 Å². The first-order valence-corrected chi connectivity index (χ1v) is 12.4. The molecule has 1 aliphatic rings. The first-order valence-electron chi connectivity index (χ1n) is 10.5. The Morgan fingerprint density at radius 1 is 1.03 bits per heavy atom. The Hall–Kier alpha value is -1.89. The van der Waals surface area contributed by atoms with E-state index in [-0.39, 0.29) is 22.9 Å². The van der Waals surface area contributed by atoms with Crippen LogP contribution in [-0.4, -0.2) is 20.4 Å². The Bertz CT molecular complexity index is 937. The average Bonchev–Trinajstić information content (AvgIpc) is 2.73. The molecular weight excluding hydrogens is 420 g/mol. The van der Waals surface area contributed by atoms with E-state index in [0.29, 0.717) is 17.9 Å². The van der Waals surface area contributed by atoms with Crippen molar-refractivity contribution in [2.75, 3.05) is 0 Å². The summed E-state index contributed by atoms with van der Waals surface area (Å²) in [6.07, 6.45) is 6.02. The number of amides is 1. The van der Waals surface area contributed by atoms with Gasteiger partial charge in [-0.05, 0) is 61.6 Å². The Kier molecular flexibility index (Phi) is 7.92. The van der Waals surface area contributed by atoms with E-state index in [4.69, 9.17) is 11.6 Å². The van der Waals surface area contributed by atoms with E-state index in [0.717, 1.165) is 36.8 Å². The van der Waals surface area contributed by atoms with Crippen LogP contribution in [0.4, 0.5) is 0 Å². The molecule has 1 fully saturated rings. The van der Waals surface area contributed by atoms with Gasteiger partial charge in [0.05, 0.1) is 10.9 Å². The van der Waals surface area contributed by atoms with E-state index in [9.17, 15) is 13.2 Å². The normalized spacial score (nSPS) is 16.2. The molecule has 0 unspecified atom stereocenters. The number of rotatable bonds is 8. The van der Waals surface area contributed by atoms with Crippen LogP contribution >= 0.6 is 11.6 Å². The van der Waals surface area contributed by atoms with Crippen LogP contribution in [0.15, 0.2) is 53.4 Å². The molecular formula is C23H29ClN2O3S. The second kappa shape index (κ2) is 10.4. The van der Waals surface area contributed by atoms with Crippen LogP contribution in [0.2, 0.25) is 5.02 Å². The summed E-state index contributed by atoms with van der Waals surface area (Å²) in [5.41, 5.74) is 1.92. The molecule has 0 saturated heterocycles. The highest BCUT2D eigenvalue weighted by atomic mass is 35.5. The monoisotopic (exact) mass is 448 g/mol.